The van der Waals surface area contributed by atoms with Crippen molar-refractivity contribution in [1.29, 1.82) is 0 Å². The second kappa shape index (κ2) is 2.12. The first-order valence-electron chi connectivity index (χ1n) is 3.79. The van der Waals surface area contributed by atoms with Gasteiger partial charge in [0.1, 0.15) is 0 Å². The van der Waals surface area contributed by atoms with Gasteiger partial charge in [-0.25, -0.2) is 0 Å². The zero-order valence-corrected chi connectivity index (χ0v) is 6.01. The van der Waals surface area contributed by atoms with Gasteiger partial charge in [-0.3, -0.25) is 0 Å². The molecule has 0 spiro atoms. The standard InChI is InChI=1S/C10H11/c1-8-6-7-9-4-2-3-5-10(8)9/h2-5,8H,1,6-7H2/q-1. The molecule has 52 valence electrons. The van der Waals surface area contributed by atoms with E-state index in [4.69, 9.17) is 0 Å². The lowest BCUT2D eigenvalue weighted by Crippen LogP contribution is -1.84. The fourth-order valence-corrected chi connectivity index (χ4v) is 1.65. The minimum absolute atomic E-state index is 0.552. The Morgan fingerprint density at radius 1 is 1.30 bits per heavy atom. The van der Waals surface area contributed by atoms with Crippen molar-refractivity contribution in [1.82, 2.24) is 0 Å². The quantitative estimate of drug-likeness (QED) is 0.475. The molecule has 0 heteroatoms. The molecular weight excluding hydrogens is 120 g/mol. The SMILES string of the molecule is [CH2-]C1CCc2ccccc21. The van der Waals surface area contributed by atoms with Crippen LogP contribution in [-0.2, 0) is 6.42 Å². The second-order valence-electron chi connectivity index (χ2n) is 2.93. The fraction of sp³-hybridized carbons (Fsp3) is 0.300. The Morgan fingerprint density at radius 3 is 2.90 bits per heavy atom. The van der Waals surface area contributed by atoms with Gasteiger partial charge in [0.15, 0.2) is 0 Å². The molecule has 0 N–H and O–H groups in total. The van der Waals surface area contributed by atoms with Crippen LogP contribution in [0.1, 0.15) is 23.5 Å². The third kappa shape index (κ3) is 0.756. The molecule has 0 heterocycles. The molecule has 0 saturated carbocycles. The molecule has 0 nitrogen and oxygen atoms in total. The molecule has 0 radical (unpaired) electrons. The zero-order valence-electron chi connectivity index (χ0n) is 6.01. The number of rotatable bonds is 0. The summed E-state index contributed by atoms with van der Waals surface area (Å²) in [6, 6.07) is 8.61. The highest BCUT2D eigenvalue weighted by molar-refractivity contribution is 5.35. The van der Waals surface area contributed by atoms with Gasteiger partial charge in [-0.15, -0.1) is 5.92 Å². The Bertz CT molecular complexity index is 238. The lowest BCUT2D eigenvalue weighted by molar-refractivity contribution is 0.811. The molecule has 1 aromatic rings. The van der Waals surface area contributed by atoms with Crippen molar-refractivity contribution in [2.75, 3.05) is 0 Å². The largest absolute Gasteiger partial charge is 0.336 e. The fourth-order valence-electron chi connectivity index (χ4n) is 1.65. The summed E-state index contributed by atoms with van der Waals surface area (Å²) in [5, 5.41) is 0. The van der Waals surface area contributed by atoms with Gasteiger partial charge in [0, 0.05) is 0 Å². The average Bonchev–Trinajstić information content (AvgIpc) is 2.34. The van der Waals surface area contributed by atoms with Crippen molar-refractivity contribution in [3.8, 4) is 0 Å². The maximum atomic E-state index is 4.08. The molecule has 1 aromatic carbocycles. The maximum Gasteiger partial charge on any atom is -0.0296 e. The van der Waals surface area contributed by atoms with E-state index >= 15 is 0 Å². The number of fused-ring (bicyclic) bond motifs is 1. The third-order valence-electron chi connectivity index (χ3n) is 2.26. The summed E-state index contributed by atoms with van der Waals surface area (Å²) in [7, 11) is 0. The van der Waals surface area contributed by atoms with Gasteiger partial charge in [0.2, 0.25) is 0 Å². The van der Waals surface area contributed by atoms with Crippen LogP contribution >= 0.6 is 0 Å². The van der Waals surface area contributed by atoms with Gasteiger partial charge in [-0.1, -0.05) is 36.2 Å². The van der Waals surface area contributed by atoms with Crippen LogP contribution in [-0.4, -0.2) is 0 Å². The predicted molar refractivity (Wildman–Crippen MR) is 42.9 cm³/mol. The molecule has 0 bridgehead atoms. The summed E-state index contributed by atoms with van der Waals surface area (Å²) in [5.41, 5.74) is 2.96. The van der Waals surface area contributed by atoms with Crippen LogP contribution < -0.4 is 0 Å². The Kier molecular flexibility index (Phi) is 1.26. The Hall–Kier alpha value is -0.780. The summed E-state index contributed by atoms with van der Waals surface area (Å²) in [4.78, 5) is 0. The third-order valence-corrected chi connectivity index (χ3v) is 2.26. The molecule has 0 aliphatic heterocycles. The van der Waals surface area contributed by atoms with Crippen LogP contribution in [0.3, 0.4) is 0 Å². The topological polar surface area (TPSA) is 0 Å². The lowest BCUT2D eigenvalue weighted by atomic mass is 10.0. The lowest BCUT2D eigenvalue weighted by Gasteiger charge is -2.08. The van der Waals surface area contributed by atoms with Crippen molar-refractivity contribution in [2.45, 2.75) is 18.8 Å². The second-order valence-corrected chi connectivity index (χ2v) is 2.93. The highest BCUT2D eigenvalue weighted by Gasteiger charge is 2.11. The molecule has 0 aromatic heterocycles. The minimum Gasteiger partial charge on any atom is -0.336 e. The predicted octanol–water partition coefficient (Wildman–Crippen LogP) is 2.55. The van der Waals surface area contributed by atoms with E-state index in [2.05, 4.69) is 31.2 Å². The van der Waals surface area contributed by atoms with Gasteiger partial charge < -0.3 is 6.92 Å². The highest BCUT2D eigenvalue weighted by atomic mass is 14.2. The van der Waals surface area contributed by atoms with Crippen molar-refractivity contribution >= 4 is 0 Å². The van der Waals surface area contributed by atoms with Gasteiger partial charge in [0.05, 0.1) is 0 Å². The van der Waals surface area contributed by atoms with Crippen molar-refractivity contribution < 1.29 is 0 Å². The number of benzene rings is 1. The van der Waals surface area contributed by atoms with Gasteiger partial charge >= 0.3 is 0 Å². The van der Waals surface area contributed by atoms with Crippen LogP contribution in [0.2, 0.25) is 0 Å². The Morgan fingerprint density at radius 2 is 2.10 bits per heavy atom. The van der Waals surface area contributed by atoms with E-state index in [-0.39, 0.29) is 0 Å². The summed E-state index contributed by atoms with van der Waals surface area (Å²) < 4.78 is 0. The van der Waals surface area contributed by atoms with Crippen molar-refractivity contribution in [2.24, 2.45) is 0 Å². The zero-order chi connectivity index (χ0) is 6.97. The monoisotopic (exact) mass is 131 g/mol. The van der Waals surface area contributed by atoms with Crippen LogP contribution in [0.25, 0.3) is 0 Å². The summed E-state index contributed by atoms with van der Waals surface area (Å²) in [6.07, 6.45) is 2.46. The van der Waals surface area contributed by atoms with E-state index in [1.54, 1.807) is 0 Å². The average molecular weight is 131 g/mol. The normalized spacial score (nSPS) is 22.7. The Labute approximate surface area is 61.9 Å². The molecule has 1 aliphatic carbocycles. The maximum absolute atomic E-state index is 4.08. The van der Waals surface area contributed by atoms with E-state index < -0.39 is 0 Å². The molecule has 0 amide bonds. The van der Waals surface area contributed by atoms with E-state index in [0.717, 1.165) is 0 Å². The van der Waals surface area contributed by atoms with E-state index in [1.165, 1.54) is 24.0 Å². The molecule has 2 rings (SSSR count). The molecular formula is C10H11-. The van der Waals surface area contributed by atoms with Crippen molar-refractivity contribution in [3.63, 3.8) is 0 Å². The molecule has 1 unspecified atom stereocenters. The molecule has 0 fully saturated rings. The number of hydrogen-bond donors (Lipinski definition) is 0. The summed E-state index contributed by atoms with van der Waals surface area (Å²) >= 11 is 0. The van der Waals surface area contributed by atoms with Crippen LogP contribution in [0, 0.1) is 6.92 Å². The first-order chi connectivity index (χ1) is 4.88. The first kappa shape index (κ1) is 5.96. The molecule has 10 heavy (non-hydrogen) atoms. The van der Waals surface area contributed by atoms with Crippen LogP contribution in [0.5, 0.6) is 0 Å². The van der Waals surface area contributed by atoms with E-state index in [1.807, 2.05) is 0 Å². The van der Waals surface area contributed by atoms with E-state index in [9.17, 15) is 0 Å². The summed E-state index contributed by atoms with van der Waals surface area (Å²) in [5.74, 6) is 0.552. The summed E-state index contributed by atoms with van der Waals surface area (Å²) in [6.45, 7) is 4.08. The number of aryl methyl sites for hydroxylation is 1. The van der Waals surface area contributed by atoms with Gasteiger partial charge in [-0.2, -0.15) is 0 Å². The van der Waals surface area contributed by atoms with Gasteiger partial charge in [0.25, 0.3) is 0 Å². The van der Waals surface area contributed by atoms with Gasteiger partial charge in [-0.05, 0) is 12.0 Å². The molecule has 1 atom stereocenters. The molecule has 1 aliphatic rings. The minimum atomic E-state index is 0.552. The van der Waals surface area contributed by atoms with Crippen LogP contribution in [0.15, 0.2) is 24.3 Å². The van der Waals surface area contributed by atoms with E-state index in [0.29, 0.717) is 5.92 Å². The highest BCUT2D eigenvalue weighted by Crippen LogP contribution is 2.31. The first-order valence-corrected chi connectivity index (χ1v) is 3.79. The smallest absolute Gasteiger partial charge is 0.0296 e. The molecule has 0 saturated heterocycles. The van der Waals surface area contributed by atoms with Crippen LogP contribution in [0.4, 0.5) is 0 Å². The Balaban J connectivity index is 2.51. The van der Waals surface area contributed by atoms with Crippen molar-refractivity contribution in [3.05, 3.63) is 42.3 Å². The number of hydrogen-bond acceptors (Lipinski definition) is 0.